The van der Waals surface area contributed by atoms with Gasteiger partial charge in [-0.25, -0.2) is 0 Å². The molecule has 0 aromatic carbocycles. The first-order valence-electron chi connectivity index (χ1n) is 6.40. The molecule has 2 aliphatic rings. The van der Waals surface area contributed by atoms with E-state index < -0.39 is 0 Å². The van der Waals surface area contributed by atoms with E-state index in [0.29, 0.717) is 18.2 Å². The maximum absolute atomic E-state index is 5.55. The van der Waals surface area contributed by atoms with Crippen LogP contribution in [0, 0.1) is 0 Å². The Hall–Kier alpha value is -0.220. The lowest BCUT2D eigenvalue weighted by molar-refractivity contribution is -0.00544. The summed E-state index contributed by atoms with van der Waals surface area (Å²) in [6.07, 6.45) is 5.17. The van der Waals surface area contributed by atoms with Gasteiger partial charge in [-0.2, -0.15) is 0 Å². The molecular formula is C12H22N2OS. The van der Waals surface area contributed by atoms with Gasteiger partial charge in [-0.15, -0.1) is 0 Å². The second kappa shape index (κ2) is 5.92. The largest absolute Gasteiger partial charge is 0.378 e. The van der Waals surface area contributed by atoms with Gasteiger partial charge in [-0.3, -0.25) is 4.99 Å². The third-order valence-corrected chi connectivity index (χ3v) is 4.22. The van der Waals surface area contributed by atoms with Gasteiger partial charge < -0.3 is 10.1 Å². The number of nitrogens with zero attached hydrogens (tertiary/aromatic N) is 1. The summed E-state index contributed by atoms with van der Waals surface area (Å²) in [5, 5.41) is 4.71. The van der Waals surface area contributed by atoms with Crippen molar-refractivity contribution in [1.29, 1.82) is 0 Å². The summed E-state index contributed by atoms with van der Waals surface area (Å²) < 4.78 is 5.55. The van der Waals surface area contributed by atoms with Crippen LogP contribution in [0.3, 0.4) is 0 Å². The first kappa shape index (κ1) is 12.2. The van der Waals surface area contributed by atoms with E-state index in [2.05, 4.69) is 19.2 Å². The molecule has 0 saturated heterocycles. The van der Waals surface area contributed by atoms with Crippen molar-refractivity contribution in [2.24, 2.45) is 4.99 Å². The summed E-state index contributed by atoms with van der Waals surface area (Å²) in [5.74, 6) is 1.21. The van der Waals surface area contributed by atoms with E-state index in [4.69, 9.17) is 9.73 Å². The second-order valence-corrected chi connectivity index (χ2v) is 5.61. The Balaban J connectivity index is 1.72. The minimum Gasteiger partial charge on any atom is -0.378 e. The van der Waals surface area contributed by atoms with Gasteiger partial charge in [0.15, 0.2) is 5.17 Å². The number of hydrogen-bond donors (Lipinski definition) is 1. The van der Waals surface area contributed by atoms with E-state index >= 15 is 0 Å². The topological polar surface area (TPSA) is 33.6 Å². The molecule has 0 amide bonds. The van der Waals surface area contributed by atoms with Gasteiger partial charge in [0.1, 0.15) is 0 Å². The zero-order valence-electron chi connectivity index (χ0n) is 10.2. The molecule has 0 aromatic rings. The summed E-state index contributed by atoms with van der Waals surface area (Å²) in [6, 6.07) is 1.14. The maximum Gasteiger partial charge on any atom is 0.157 e. The van der Waals surface area contributed by atoms with Gasteiger partial charge in [0.05, 0.1) is 12.1 Å². The van der Waals surface area contributed by atoms with Crippen LogP contribution in [-0.4, -0.2) is 35.7 Å². The second-order valence-electron chi connectivity index (χ2n) is 4.52. The van der Waals surface area contributed by atoms with Crippen LogP contribution in [0.5, 0.6) is 0 Å². The van der Waals surface area contributed by atoms with Crippen molar-refractivity contribution >= 4 is 16.9 Å². The summed E-state index contributed by atoms with van der Waals surface area (Å²) in [6.45, 7) is 5.12. The molecule has 0 spiro atoms. The van der Waals surface area contributed by atoms with Gasteiger partial charge in [-0.1, -0.05) is 18.7 Å². The van der Waals surface area contributed by atoms with Crippen LogP contribution < -0.4 is 5.32 Å². The molecule has 1 heterocycles. The average Bonchev–Trinajstić information content (AvgIpc) is 2.27. The van der Waals surface area contributed by atoms with Gasteiger partial charge in [0.2, 0.25) is 0 Å². The molecule has 1 unspecified atom stereocenters. The lowest BCUT2D eigenvalue weighted by Crippen LogP contribution is -2.47. The van der Waals surface area contributed by atoms with Crippen LogP contribution in [0.1, 0.15) is 39.5 Å². The Morgan fingerprint density at radius 2 is 2.25 bits per heavy atom. The van der Waals surface area contributed by atoms with Gasteiger partial charge in [0.25, 0.3) is 0 Å². The van der Waals surface area contributed by atoms with Crippen LogP contribution in [-0.2, 0) is 4.74 Å². The number of thioether (sulfide) groups is 1. The highest BCUT2D eigenvalue weighted by Gasteiger charge is 2.30. The van der Waals surface area contributed by atoms with E-state index in [0.717, 1.165) is 31.0 Å². The van der Waals surface area contributed by atoms with Crippen LogP contribution in [0.25, 0.3) is 0 Å². The van der Waals surface area contributed by atoms with Crippen molar-refractivity contribution in [1.82, 2.24) is 5.32 Å². The Labute approximate surface area is 102 Å². The van der Waals surface area contributed by atoms with Gasteiger partial charge in [-0.05, 0) is 32.6 Å². The highest BCUT2D eigenvalue weighted by Crippen LogP contribution is 2.25. The van der Waals surface area contributed by atoms with Crippen molar-refractivity contribution in [2.45, 2.75) is 57.7 Å². The van der Waals surface area contributed by atoms with Crippen molar-refractivity contribution in [2.75, 3.05) is 12.4 Å². The maximum atomic E-state index is 5.55. The standard InChI is InChI=1S/C12H22N2OS/c1-3-9-5-6-16-12(13-9)14-10-7-11(8-10)15-4-2/h9-11H,3-8H2,1-2H3,(H,13,14). The van der Waals surface area contributed by atoms with Crippen molar-refractivity contribution < 1.29 is 4.74 Å². The first-order chi connectivity index (χ1) is 7.81. The minimum absolute atomic E-state index is 0.485. The van der Waals surface area contributed by atoms with Crippen LogP contribution in [0.15, 0.2) is 4.99 Å². The van der Waals surface area contributed by atoms with Crippen molar-refractivity contribution in [3.05, 3.63) is 0 Å². The monoisotopic (exact) mass is 242 g/mol. The third kappa shape index (κ3) is 3.14. The van der Waals surface area contributed by atoms with Crippen molar-refractivity contribution in [3.63, 3.8) is 0 Å². The predicted molar refractivity (Wildman–Crippen MR) is 70.2 cm³/mol. The van der Waals surface area contributed by atoms with Crippen LogP contribution in [0.2, 0.25) is 0 Å². The molecule has 1 atom stereocenters. The predicted octanol–water partition coefficient (Wildman–Crippen LogP) is 2.42. The Kier molecular flexibility index (Phi) is 4.53. The number of rotatable bonds is 4. The van der Waals surface area contributed by atoms with E-state index in [9.17, 15) is 0 Å². The molecule has 16 heavy (non-hydrogen) atoms. The number of nitrogens with one attached hydrogen (secondary N) is 1. The highest BCUT2D eigenvalue weighted by molar-refractivity contribution is 8.13. The summed E-state index contributed by atoms with van der Waals surface area (Å²) in [7, 11) is 0. The minimum atomic E-state index is 0.485. The van der Waals surface area contributed by atoms with E-state index in [1.807, 2.05) is 11.8 Å². The average molecular weight is 242 g/mol. The fourth-order valence-electron chi connectivity index (χ4n) is 2.16. The van der Waals surface area contributed by atoms with Crippen molar-refractivity contribution in [3.8, 4) is 0 Å². The van der Waals surface area contributed by atoms with Gasteiger partial charge in [0, 0.05) is 18.4 Å². The molecule has 3 nitrogen and oxygen atoms in total. The third-order valence-electron chi connectivity index (χ3n) is 3.29. The fraction of sp³-hybridized carbons (Fsp3) is 0.917. The molecule has 0 radical (unpaired) electrons. The molecule has 1 aliphatic heterocycles. The zero-order valence-corrected chi connectivity index (χ0v) is 11.1. The number of aliphatic imine (C=N–C) groups is 1. The molecule has 0 aromatic heterocycles. The smallest absolute Gasteiger partial charge is 0.157 e. The van der Waals surface area contributed by atoms with Gasteiger partial charge >= 0.3 is 0 Å². The first-order valence-corrected chi connectivity index (χ1v) is 7.39. The highest BCUT2D eigenvalue weighted by atomic mass is 32.2. The number of hydrogen-bond acceptors (Lipinski definition) is 4. The number of amidine groups is 1. The Morgan fingerprint density at radius 1 is 1.44 bits per heavy atom. The summed E-state index contributed by atoms with van der Waals surface area (Å²) in [4.78, 5) is 4.72. The van der Waals surface area contributed by atoms with E-state index in [1.54, 1.807) is 0 Å². The molecule has 92 valence electrons. The van der Waals surface area contributed by atoms with E-state index in [1.165, 1.54) is 12.2 Å². The lowest BCUT2D eigenvalue weighted by atomic mass is 9.89. The molecule has 2 rings (SSSR count). The quantitative estimate of drug-likeness (QED) is 0.822. The molecule has 1 fully saturated rings. The van der Waals surface area contributed by atoms with Crippen LogP contribution in [0.4, 0.5) is 0 Å². The molecule has 1 aliphatic carbocycles. The summed E-state index contributed by atoms with van der Waals surface area (Å²) in [5.41, 5.74) is 0. The Bertz CT molecular complexity index is 251. The molecule has 4 heteroatoms. The zero-order chi connectivity index (χ0) is 11.4. The lowest BCUT2D eigenvalue weighted by Gasteiger charge is -2.36. The summed E-state index contributed by atoms with van der Waals surface area (Å²) >= 11 is 1.87. The van der Waals surface area contributed by atoms with Crippen LogP contribution >= 0.6 is 11.8 Å². The van der Waals surface area contributed by atoms with E-state index in [-0.39, 0.29) is 0 Å². The Morgan fingerprint density at radius 3 is 2.94 bits per heavy atom. The number of ether oxygens (including phenoxy) is 1. The SMILES string of the molecule is CCOC1CC(NC2=NC(CC)CCS2)C1. The molecule has 1 N–H and O–H groups in total. The molecular weight excluding hydrogens is 220 g/mol. The molecule has 1 saturated carbocycles. The normalized spacial score (nSPS) is 34.1. The fourth-order valence-corrected chi connectivity index (χ4v) is 3.22. The molecule has 0 bridgehead atoms.